The lowest BCUT2D eigenvalue weighted by Gasteiger charge is -2.13. The predicted octanol–water partition coefficient (Wildman–Crippen LogP) is 3.05. The van der Waals surface area contributed by atoms with Crippen LogP contribution in [0.25, 0.3) is 10.9 Å². The Hall–Kier alpha value is -1.41. The zero-order valence-electron chi connectivity index (χ0n) is 11.0. The maximum absolute atomic E-state index is 5.93. The predicted molar refractivity (Wildman–Crippen MR) is 73.3 cm³/mol. The molecule has 1 atom stereocenters. The maximum atomic E-state index is 5.93. The fourth-order valence-corrected chi connectivity index (χ4v) is 2.39. The smallest absolute Gasteiger partial charge is 0.0739 e. The number of benzene rings is 1. The molecule has 0 saturated carbocycles. The number of fused-ring (bicyclic) bond motifs is 1. The summed E-state index contributed by atoms with van der Waals surface area (Å²) in [7, 11) is 0. The van der Waals surface area contributed by atoms with E-state index in [-0.39, 0.29) is 6.04 Å². The van der Waals surface area contributed by atoms with E-state index in [9.17, 15) is 0 Å². The normalized spacial score (nSPS) is 13.0. The van der Waals surface area contributed by atoms with Crippen molar-refractivity contribution in [3.05, 3.63) is 40.6 Å². The number of hydrogen-bond acceptors (Lipinski definition) is 2. The summed E-state index contributed by atoms with van der Waals surface area (Å²) in [6, 6.07) is 6.65. The third-order valence-electron chi connectivity index (χ3n) is 3.12. The summed E-state index contributed by atoms with van der Waals surface area (Å²) in [6.45, 7) is 8.35. The molecule has 1 unspecified atom stereocenters. The standard InChI is InChI=1S/C15H20N2/c1-9-5-6-10(2)15-14(9)13(7-11(3)16)8-12(4)17-15/h5-6,8,11H,7,16H2,1-4H3. The highest BCUT2D eigenvalue weighted by atomic mass is 14.7. The fraction of sp³-hybridized carbons (Fsp3) is 0.400. The van der Waals surface area contributed by atoms with Gasteiger partial charge in [0.15, 0.2) is 0 Å². The first-order valence-electron chi connectivity index (χ1n) is 6.11. The van der Waals surface area contributed by atoms with E-state index in [2.05, 4.69) is 37.0 Å². The Labute approximate surface area is 103 Å². The number of aryl methyl sites for hydroxylation is 3. The summed E-state index contributed by atoms with van der Waals surface area (Å²) >= 11 is 0. The first kappa shape index (κ1) is 12.1. The Bertz CT molecular complexity index is 556. The Morgan fingerprint density at radius 2 is 1.82 bits per heavy atom. The molecular weight excluding hydrogens is 208 g/mol. The highest BCUT2D eigenvalue weighted by Crippen LogP contribution is 2.25. The summed E-state index contributed by atoms with van der Waals surface area (Å²) in [4.78, 5) is 4.66. The van der Waals surface area contributed by atoms with Crippen LogP contribution in [0.5, 0.6) is 0 Å². The molecule has 0 amide bonds. The van der Waals surface area contributed by atoms with Crippen LogP contribution in [0.3, 0.4) is 0 Å². The number of nitrogens with two attached hydrogens (primary N) is 1. The molecule has 2 aromatic rings. The topological polar surface area (TPSA) is 38.9 Å². The van der Waals surface area contributed by atoms with Crippen LogP contribution in [0.15, 0.2) is 18.2 Å². The molecule has 2 N–H and O–H groups in total. The number of nitrogens with zero attached hydrogens (tertiary/aromatic N) is 1. The monoisotopic (exact) mass is 228 g/mol. The van der Waals surface area contributed by atoms with Crippen LogP contribution in [-0.4, -0.2) is 11.0 Å². The van der Waals surface area contributed by atoms with Crippen LogP contribution >= 0.6 is 0 Å². The maximum Gasteiger partial charge on any atom is 0.0739 e. The minimum absolute atomic E-state index is 0.180. The number of hydrogen-bond donors (Lipinski definition) is 1. The van der Waals surface area contributed by atoms with Gasteiger partial charge in [0.1, 0.15) is 0 Å². The molecule has 0 radical (unpaired) electrons. The first-order chi connectivity index (χ1) is 7.99. The third-order valence-corrected chi connectivity index (χ3v) is 3.12. The SMILES string of the molecule is Cc1cc(CC(C)N)c2c(C)ccc(C)c2n1. The Balaban J connectivity index is 2.77. The molecule has 0 fully saturated rings. The van der Waals surface area contributed by atoms with Gasteiger partial charge in [-0.2, -0.15) is 0 Å². The molecule has 90 valence electrons. The van der Waals surface area contributed by atoms with Crippen molar-refractivity contribution < 1.29 is 0 Å². The van der Waals surface area contributed by atoms with Crippen molar-refractivity contribution in [2.75, 3.05) is 0 Å². The molecule has 1 heterocycles. The van der Waals surface area contributed by atoms with Gasteiger partial charge in [0, 0.05) is 17.1 Å². The van der Waals surface area contributed by atoms with E-state index in [1.54, 1.807) is 0 Å². The molecule has 0 aliphatic rings. The van der Waals surface area contributed by atoms with Crippen molar-refractivity contribution in [1.29, 1.82) is 0 Å². The Morgan fingerprint density at radius 1 is 1.18 bits per heavy atom. The molecule has 0 saturated heterocycles. The molecule has 2 rings (SSSR count). The minimum Gasteiger partial charge on any atom is -0.328 e. The first-order valence-corrected chi connectivity index (χ1v) is 6.11. The molecule has 0 aliphatic heterocycles. The zero-order valence-corrected chi connectivity index (χ0v) is 11.0. The van der Waals surface area contributed by atoms with Gasteiger partial charge in [-0.05, 0) is 56.9 Å². The summed E-state index contributed by atoms with van der Waals surface area (Å²) in [5, 5.41) is 1.29. The molecular formula is C15H20N2. The average molecular weight is 228 g/mol. The molecule has 0 spiro atoms. The summed E-state index contributed by atoms with van der Waals surface area (Å²) in [5.74, 6) is 0. The van der Waals surface area contributed by atoms with Crippen LogP contribution in [0.2, 0.25) is 0 Å². The van der Waals surface area contributed by atoms with E-state index in [4.69, 9.17) is 5.73 Å². The van der Waals surface area contributed by atoms with E-state index >= 15 is 0 Å². The lowest BCUT2D eigenvalue weighted by Crippen LogP contribution is -2.18. The van der Waals surface area contributed by atoms with Crippen LogP contribution in [0, 0.1) is 20.8 Å². The van der Waals surface area contributed by atoms with Crippen molar-refractivity contribution in [2.24, 2.45) is 5.73 Å². The number of rotatable bonds is 2. The molecule has 1 aromatic carbocycles. The second kappa shape index (κ2) is 4.46. The molecule has 2 heteroatoms. The van der Waals surface area contributed by atoms with Gasteiger partial charge < -0.3 is 5.73 Å². The van der Waals surface area contributed by atoms with E-state index in [0.717, 1.165) is 17.6 Å². The van der Waals surface area contributed by atoms with E-state index in [1.807, 2.05) is 13.8 Å². The van der Waals surface area contributed by atoms with Crippen LogP contribution in [0.4, 0.5) is 0 Å². The second-order valence-corrected chi connectivity index (χ2v) is 5.03. The Morgan fingerprint density at radius 3 is 2.47 bits per heavy atom. The van der Waals surface area contributed by atoms with Gasteiger partial charge in [-0.25, -0.2) is 0 Å². The molecule has 1 aromatic heterocycles. The minimum atomic E-state index is 0.180. The van der Waals surface area contributed by atoms with Crippen molar-refractivity contribution in [1.82, 2.24) is 4.98 Å². The molecule has 2 nitrogen and oxygen atoms in total. The summed E-state index contributed by atoms with van der Waals surface area (Å²) in [5.41, 5.74) is 12.0. The summed E-state index contributed by atoms with van der Waals surface area (Å²) < 4.78 is 0. The van der Waals surface area contributed by atoms with Crippen molar-refractivity contribution in [2.45, 2.75) is 40.2 Å². The van der Waals surface area contributed by atoms with Gasteiger partial charge in [0.2, 0.25) is 0 Å². The largest absolute Gasteiger partial charge is 0.328 e. The van der Waals surface area contributed by atoms with E-state index in [1.165, 1.54) is 22.1 Å². The van der Waals surface area contributed by atoms with Crippen LogP contribution in [0.1, 0.15) is 29.3 Å². The van der Waals surface area contributed by atoms with Crippen molar-refractivity contribution >= 4 is 10.9 Å². The van der Waals surface area contributed by atoms with Gasteiger partial charge in [-0.1, -0.05) is 12.1 Å². The van der Waals surface area contributed by atoms with Gasteiger partial charge in [0.25, 0.3) is 0 Å². The van der Waals surface area contributed by atoms with Gasteiger partial charge in [-0.15, -0.1) is 0 Å². The van der Waals surface area contributed by atoms with Crippen molar-refractivity contribution in [3.8, 4) is 0 Å². The molecule has 0 aliphatic carbocycles. The van der Waals surface area contributed by atoms with E-state index < -0.39 is 0 Å². The lowest BCUT2D eigenvalue weighted by atomic mass is 9.96. The lowest BCUT2D eigenvalue weighted by molar-refractivity contribution is 0.740. The highest BCUT2D eigenvalue weighted by Gasteiger charge is 2.10. The Kier molecular flexibility index (Phi) is 3.16. The molecule has 17 heavy (non-hydrogen) atoms. The zero-order chi connectivity index (χ0) is 12.6. The average Bonchev–Trinajstić information content (AvgIpc) is 2.22. The number of aromatic nitrogens is 1. The van der Waals surface area contributed by atoms with Gasteiger partial charge >= 0.3 is 0 Å². The fourth-order valence-electron chi connectivity index (χ4n) is 2.39. The van der Waals surface area contributed by atoms with Crippen LogP contribution < -0.4 is 5.73 Å². The quantitative estimate of drug-likeness (QED) is 0.858. The van der Waals surface area contributed by atoms with Crippen LogP contribution in [-0.2, 0) is 6.42 Å². The van der Waals surface area contributed by atoms with Gasteiger partial charge in [-0.3, -0.25) is 4.98 Å². The molecule has 0 bridgehead atoms. The third kappa shape index (κ3) is 2.32. The van der Waals surface area contributed by atoms with Crippen molar-refractivity contribution in [3.63, 3.8) is 0 Å². The van der Waals surface area contributed by atoms with Gasteiger partial charge in [0.05, 0.1) is 5.52 Å². The van der Waals surface area contributed by atoms with E-state index in [0.29, 0.717) is 0 Å². The number of pyridine rings is 1. The summed E-state index contributed by atoms with van der Waals surface area (Å²) in [6.07, 6.45) is 0.907. The highest BCUT2D eigenvalue weighted by molar-refractivity contribution is 5.88. The second-order valence-electron chi connectivity index (χ2n) is 5.03.